The summed E-state index contributed by atoms with van der Waals surface area (Å²) in [5.74, 6) is 0.718. The Labute approximate surface area is 122 Å². The van der Waals surface area contributed by atoms with Crippen LogP contribution in [-0.2, 0) is 6.18 Å². The van der Waals surface area contributed by atoms with E-state index in [9.17, 15) is 13.2 Å². The molecule has 1 aliphatic rings. The molecule has 2 rings (SSSR count). The third-order valence-electron chi connectivity index (χ3n) is 3.74. The van der Waals surface area contributed by atoms with Gasteiger partial charge in [0.1, 0.15) is 5.82 Å². The number of alkyl halides is 3. The van der Waals surface area contributed by atoms with Crippen molar-refractivity contribution in [3.63, 3.8) is 0 Å². The monoisotopic (exact) mass is 302 g/mol. The summed E-state index contributed by atoms with van der Waals surface area (Å²) < 4.78 is 38.7. The second-order valence-electron chi connectivity index (χ2n) is 5.55. The van der Waals surface area contributed by atoms with Crippen molar-refractivity contribution in [3.05, 3.63) is 11.8 Å². The second kappa shape index (κ2) is 6.49. The van der Waals surface area contributed by atoms with Crippen LogP contribution in [-0.4, -0.2) is 22.6 Å². The molecular formula is C14H21F3N4. The van der Waals surface area contributed by atoms with Gasteiger partial charge in [0.05, 0.1) is 0 Å². The molecule has 0 aliphatic heterocycles. The van der Waals surface area contributed by atoms with Crippen molar-refractivity contribution in [1.29, 1.82) is 0 Å². The van der Waals surface area contributed by atoms with Gasteiger partial charge >= 0.3 is 6.18 Å². The van der Waals surface area contributed by atoms with Gasteiger partial charge in [-0.05, 0) is 25.2 Å². The molecule has 0 bridgehead atoms. The van der Waals surface area contributed by atoms with E-state index in [0.717, 1.165) is 31.7 Å². The minimum Gasteiger partial charge on any atom is -0.367 e. The summed E-state index contributed by atoms with van der Waals surface area (Å²) in [5.41, 5.74) is -0.913. The lowest BCUT2D eigenvalue weighted by Gasteiger charge is -2.19. The Balaban J connectivity index is 2.22. The van der Waals surface area contributed by atoms with Crippen LogP contribution >= 0.6 is 0 Å². The highest BCUT2D eigenvalue weighted by Crippen LogP contribution is 2.32. The van der Waals surface area contributed by atoms with E-state index in [1.54, 1.807) is 0 Å². The lowest BCUT2D eigenvalue weighted by atomic mass is 10.1. The van der Waals surface area contributed by atoms with E-state index in [2.05, 4.69) is 27.5 Å². The van der Waals surface area contributed by atoms with Crippen molar-refractivity contribution < 1.29 is 13.2 Å². The Morgan fingerprint density at radius 1 is 1.29 bits per heavy atom. The van der Waals surface area contributed by atoms with Gasteiger partial charge in [-0.3, -0.25) is 0 Å². The van der Waals surface area contributed by atoms with E-state index in [4.69, 9.17) is 0 Å². The zero-order valence-corrected chi connectivity index (χ0v) is 12.3. The Hall–Kier alpha value is -1.53. The van der Waals surface area contributed by atoms with Crippen molar-refractivity contribution in [2.24, 2.45) is 5.92 Å². The van der Waals surface area contributed by atoms with Gasteiger partial charge < -0.3 is 10.6 Å². The zero-order chi connectivity index (χ0) is 15.5. The van der Waals surface area contributed by atoms with E-state index in [-0.39, 0.29) is 17.8 Å². The zero-order valence-electron chi connectivity index (χ0n) is 12.3. The van der Waals surface area contributed by atoms with E-state index >= 15 is 0 Å². The molecule has 1 heterocycles. The first-order valence-electron chi connectivity index (χ1n) is 7.37. The lowest BCUT2D eigenvalue weighted by Crippen LogP contribution is -2.23. The van der Waals surface area contributed by atoms with Gasteiger partial charge in [0, 0.05) is 18.7 Å². The average Bonchev–Trinajstić information content (AvgIpc) is 2.81. The number of hydrogen-bond donors (Lipinski definition) is 2. The van der Waals surface area contributed by atoms with Crippen molar-refractivity contribution in [1.82, 2.24) is 9.97 Å². The first kappa shape index (κ1) is 15.9. The summed E-state index contributed by atoms with van der Waals surface area (Å²) in [6, 6.07) is 1.17. The predicted molar refractivity (Wildman–Crippen MR) is 76.2 cm³/mol. The molecule has 1 aromatic rings. The molecule has 0 amide bonds. The molecule has 1 saturated carbocycles. The molecule has 4 nitrogen and oxygen atoms in total. The van der Waals surface area contributed by atoms with Gasteiger partial charge in [0.25, 0.3) is 0 Å². The predicted octanol–water partition coefficient (Wildman–Crippen LogP) is 3.92. The maximum Gasteiger partial charge on any atom is 0.433 e. The van der Waals surface area contributed by atoms with Gasteiger partial charge in [-0.1, -0.05) is 20.3 Å². The van der Waals surface area contributed by atoms with Crippen LogP contribution in [0.1, 0.15) is 45.2 Å². The number of rotatable bonds is 5. The average molecular weight is 302 g/mol. The number of nitrogens with zero attached hydrogens (tertiary/aromatic N) is 2. The molecule has 0 radical (unpaired) electrons. The normalized spacial score (nSPS) is 22.3. The molecular weight excluding hydrogens is 281 g/mol. The molecule has 1 fully saturated rings. The Bertz CT molecular complexity index is 476. The summed E-state index contributed by atoms with van der Waals surface area (Å²) >= 11 is 0. The maximum atomic E-state index is 12.9. The van der Waals surface area contributed by atoms with E-state index in [1.807, 2.05) is 6.92 Å². The van der Waals surface area contributed by atoms with E-state index in [0.29, 0.717) is 12.5 Å². The smallest absolute Gasteiger partial charge is 0.367 e. The Kier molecular flexibility index (Phi) is 4.90. The highest BCUT2D eigenvalue weighted by atomic mass is 19.4. The summed E-state index contributed by atoms with van der Waals surface area (Å²) in [7, 11) is 0. The van der Waals surface area contributed by atoms with Crippen LogP contribution in [0, 0.1) is 5.92 Å². The fourth-order valence-electron chi connectivity index (χ4n) is 2.53. The summed E-state index contributed by atoms with van der Waals surface area (Å²) in [5, 5.41) is 5.95. The van der Waals surface area contributed by atoms with Crippen molar-refractivity contribution in [2.45, 2.75) is 51.7 Å². The van der Waals surface area contributed by atoms with E-state index in [1.165, 1.54) is 0 Å². The maximum absolute atomic E-state index is 12.9. The van der Waals surface area contributed by atoms with Gasteiger partial charge in [-0.25, -0.2) is 4.98 Å². The van der Waals surface area contributed by atoms with E-state index < -0.39 is 11.9 Å². The summed E-state index contributed by atoms with van der Waals surface area (Å²) in [6.07, 6.45) is -0.525. The van der Waals surface area contributed by atoms with Crippen LogP contribution < -0.4 is 10.6 Å². The number of halogens is 3. The SMILES string of the molecule is CCCNc1nc(NC2CCCC2C)cc(C(F)(F)F)n1. The quantitative estimate of drug-likeness (QED) is 0.865. The first-order chi connectivity index (χ1) is 9.90. The molecule has 21 heavy (non-hydrogen) atoms. The minimum absolute atomic E-state index is 0.0276. The molecule has 0 saturated heterocycles. The third kappa shape index (κ3) is 4.22. The fourth-order valence-corrected chi connectivity index (χ4v) is 2.53. The van der Waals surface area contributed by atoms with Gasteiger partial charge in [0.15, 0.2) is 5.69 Å². The van der Waals surface area contributed by atoms with Crippen LogP contribution in [0.3, 0.4) is 0 Å². The highest BCUT2D eigenvalue weighted by Gasteiger charge is 2.34. The molecule has 118 valence electrons. The van der Waals surface area contributed by atoms with Gasteiger partial charge in [0.2, 0.25) is 5.95 Å². The molecule has 1 aliphatic carbocycles. The number of anilines is 2. The van der Waals surface area contributed by atoms with Crippen molar-refractivity contribution >= 4 is 11.8 Å². The van der Waals surface area contributed by atoms with Crippen molar-refractivity contribution in [3.8, 4) is 0 Å². The Morgan fingerprint density at radius 3 is 2.62 bits per heavy atom. The third-order valence-corrected chi connectivity index (χ3v) is 3.74. The van der Waals surface area contributed by atoms with Crippen LogP contribution in [0.2, 0.25) is 0 Å². The first-order valence-corrected chi connectivity index (χ1v) is 7.37. The minimum atomic E-state index is -4.47. The second-order valence-corrected chi connectivity index (χ2v) is 5.55. The fraction of sp³-hybridized carbons (Fsp3) is 0.714. The van der Waals surface area contributed by atoms with Crippen LogP contribution in [0.25, 0.3) is 0 Å². The number of aromatic nitrogens is 2. The van der Waals surface area contributed by atoms with Gasteiger partial charge in [-0.2, -0.15) is 18.2 Å². The molecule has 1 aromatic heterocycles. The highest BCUT2D eigenvalue weighted by molar-refractivity contribution is 5.44. The molecule has 0 spiro atoms. The van der Waals surface area contributed by atoms with Gasteiger partial charge in [-0.15, -0.1) is 0 Å². The molecule has 2 N–H and O–H groups in total. The van der Waals surface area contributed by atoms with Crippen LogP contribution in [0.5, 0.6) is 0 Å². The van der Waals surface area contributed by atoms with Crippen LogP contribution in [0.4, 0.5) is 24.9 Å². The number of hydrogen-bond acceptors (Lipinski definition) is 4. The standard InChI is InChI=1S/C14H21F3N4/c1-3-7-18-13-20-11(14(15,16)17)8-12(21-13)19-10-6-4-5-9(10)2/h8-10H,3-7H2,1-2H3,(H2,18,19,20,21). The summed E-state index contributed by atoms with van der Waals surface area (Å²) in [6.45, 7) is 4.58. The van der Waals surface area contributed by atoms with Crippen molar-refractivity contribution in [2.75, 3.05) is 17.2 Å². The van der Waals surface area contributed by atoms with Crippen LogP contribution in [0.15, 0.2) is 6.07 Å². The Morgan fingerprint density at radius 2 is 2.05 bits per heavy atom. The molecule has 2 unspecified atom stereocenters. The summed E-state index contributed by atoms with van der Waals surface area (Å²) in [4.78, 5) is 7.70. The lowest BCUT2D eigenvalue weighted by molar-refractivity contribution is -0.141. The molecule has 2 atom stereocenters. The molecule has 7 heteroatoms. The topological polar surface area (TPSA) is 49.8 Å². The molecule has 0 aromatic carbocycles. The number of nitrogens with one attached hydrogen (secondary N) is 2. The largest absolute Gasteiger partial charge is 0.433 e.